The Balaban J connectivity index is 1.72. The third-order valence-corrected chi connectivity index (χ3v) is 3.95. The number of hydrogen-bond acceptors (Lipinski definition) is 2. The number of carboxylic acids is 1. The molecule has 1 fully saturated rings. The normalized spacial score (nSPS) is 22.2. The van der Waals surface area contributed by atoms with Crippen LogP contribution in [0, 0.1) is 11.8 Å². The molecule has 2 atom stereocenters. The monoisotopic (exact) mass is 311 g/mol. The van der Waals surface area contributed by atoms with E-state index in [2.05, 4.69) is 40.0 Å². The zero-order valence-corrected chi connectivity index (χ0v) is 12.1. The summed E-state index contributed by atoms with van der Waals surface area (Å²) in [5.41, 5.74) is 1.31. The second kappa shape index (κ2) is 5.85. The van der Waals surface area contributed by atoms with Gasteiger partial charge in [-0.2, -0.15) is 0 Å². The summed E-state index contributed by atoms with van der Waals surface area (Å²) in [5, 5.41) is 8.85. The molecule has 2 rings (SSSR count). The molecule has 0 radical (unpaired) electrons. The van der Waals surface area contributed by atoms with Crippen LogP contribution in [-0.2, 0) is 11.2 Å². The van der Waals surface area contributed by atoms with Crippen molar-refractivity contribution in [3.05, 3.63) is 34.3 Å². The average molecular weight is 312 g/mol. The molecule has 2 unspecified atom stereocenters. The van der Waals surface area contributed by atoms with Gasteiger partial charge in [0, 0.05) is 17.6 Å². The summed E-state index contributed by atoms with van der Waals surface area (Å²) in [6.07, 6.45) is 1.84. The van der Waals surface area contributed by atoms with Gasteiger partial charge in [-0.25, -0.2) is 0 Å². The highest BCUT2D eigenvalue weighted by Gasteiger charge is 2.43. The molecular formula is C14H18BrNO2. The van der Waals surface area contributed by atoms with E-state index >= 15 is 0 Å². The Morgan fingerprint density at radius 1 is 1.56 bits per heavy atom. The third-order valence-electron chi connectivity index (χ3n) is 3.46. The van der Waals surface area contributed by atoms with Crippen LogP contribution >= 0.6 is 15.9 Å². The zero-order chi connectivity index (χ0) is 13.1. The van der Waals surface area contributed by atoms with Crippen LogP contribution in [-0.4, -0.2) is 36.1 Å². The molecule has 3 nitrogen and oxygen atoms in total. The fraction of sp³-hybridized carbons (Fsp3) is 0.500. The van der Waals surface area contributed by atoms with Crippen molar-refractivity contribution < 1.29 is 9.90 Å². The van der Waals surface area contributed by atoms with Crippen LogP contribution in [0.3, 0.4) is 0 Å². The van der Waals surface area contributed by atoms with E-state index in [-0.39, 0.29) is 5.92 Å². The Labute approximate surface area is 116 Å². The molecule has 0 heterocycles. The minimum atomic E-state index is -0.639. The highest BCUT2D eigenvalue weighted by molar-refractivity contribution is 9.10. The fourth-order valence-electron chi connectivity index (χ4n) is 2.26. The lowest BCUT2D eigenvalue weighted by atomic mass is 10.1. The molecule has 1 saturated carbocycles. The number of nitrogens with zero attached hydrogens (tertiary/aromatic N) is 1. The first kappa shape index (κ1) is 13.6. The summed E-state index contributed by atoms with van der Waals surface area (Å²) < 4.78 is 1.11. The van der Waals surface area contributed by atoms with Gasteiger partial charge in [0.2, 0.25) is 0 Å². The minimum Gasteiger partial charge on any atom is -0.481 e. The van der Waals surface area contributed by atoms with Crippen LogP contribution in [0.5, 0.6) is 0 Å². The van der Waals surface area contributed by atoms with Crippen LogP contribution in [0.4, 0.5) is 0 Å². The summed E-state index contributed by atoms with van der Waals surface area (Å²) in [4.78, 5) is 13.0. The van der Waals surface area contributed by atoms with Crippen molar-refractivity contribution >= 4 is 21.9 Å². The summed E-state index contributed by atoms with van der Waals surface area (Å²) in [6, 6.07) is 8.32. The van der Waals surface area contributed by atoms with Gasteiger partial charge in [0.25, 0.3) is 0 Å². The number of likely N-dealkylation sites (N-methyl/N-ethyl adjacent to an activating group) is 1. The van der Waals surface area contributed by atoms with E-state index in [9.17, 15) is 4.79 Å². The highest BCUT2D eigenvalue weighted by Crippen LogP contribution is 2.38. The van der Waals surface area contributed by atoms with E-state index in [0.29, 0.717) is 5.92 Å². The lowest BCUT2D eigenvalue weighted by Crippen LogP contribution is -2.24. The SMILES string of the molecule is CN(CCc1cccc(Br)c1)CC1CC1C(=O)O. The molecule has 0 saturated heterocycles. The Hall–Kier alpha value is -0.870. The van der Waals surface area contributed by atoms with Crippen molar-refractivity contribution in [1.29, 1.82) is 0 Å². The van der Waals surface area contributed by atoms with E-state index in [1.807, 2.05) is 12.1 Å². The molecule has 0 bridgehead atoms. The quantitative estimate of drug-likeness (QED) is 0.878. The Bertz CT molecular complexity index is 436. The number of carboxylic acid groups (broad SMARTS) is 1. The van der Waals surface area contributed by atoms with Crippen LogP contribution < -0.4 is 0 Å². The van der Waals surface area contributed by atoms with Crippen molar-refractivity contribution in [1.82, 2.24) is 4.90 Å². The molecule has 4 heteroatoms. The molecule has 98 valence electrons. The molecule has 1 aromatic carbocycles. The second-order valence-corrected chi connectivity index (χ2v) is 6.00. The number of aliphatic carboxylic acids is 1. The Kier molecular flexibility index (Phi) is 4.40. The van der Waals surface area contributed by atoms with Crippen molar-refractivity contribution in [2.45, 2.75) is 12.8 Å². The lowest BCUT2D eigenvalue weighted by molar-refractivity contribution is -0.138. The summed E-state index contributed by atoms with van der Waals surface area (Å²) in [7, 11) is 2.06. The number of carbonyl (C=O) groups is 1. The van der Waals surface area contributed by atoms with Crippen molar-refractivity contribution in [2.75, 3.05) is 20.1 Å². The van der Waals surface area contributed by atoms with Crippen molar-refractivity contribution in [3.63, 3.8) is 0 Å². The Morgan fingerprint density at radius 3 is 2.94 bits per heavy atom. The largest absolute Gasteiger partial charge is 0.481 e. The van der Waals surface area contributed by atoms with E-state index in [1.54, 1.807) is 0 Å². The molecule has 18 heavy (non-hydrogen) atoms. The van der Waals surface area contributed by atoms with E-state index in [1.165, 1.54) is 5.56 Å². The second-order valence-electron chi connectivity index (χ2n) is 5.08. The minimum absolute atomic E-state index is 0.0988. The van der Waals surface area contributed by atoms with Gasteiger partial charge in [0.05, 0.1) is 5.92 Å². The smallest absolute Gasteiger partial charge is 0.306 e. The topological polar surface area (TPSA) is 40.5 Å². The molecule has 0 aliphatic heterocycles. The van der Waals surface area contributed by atoms with Gasteiger partial charge < -0.3 is 10.0 Å². The molecule has 1 aromatic rings. The van der Waals surface area contributed by atoms with Gasteiger partial charge in [-0.15, -0.1) is 0 Å². The van der Waals surface area contributed by atoms with E-state index in [0.717, 1.165) is 30.4 Å². The molecule has 0 aromatic heterocycles. The number of hydrogen-bond donors (Lipinski definition) is 1. The molecule has 1 N–H and O–H groups in total. The number of rotatable bonds is 6. The molecule has 0 amide bonds. The van der Waals surface area contributed by atoms with Gasteiger partial charge in [0.15, 0.2) is 0 Å². The van der Waals surface area contributed by atoms with Crippen LogP contribution in [0.25, 0.3) is 0 Å². The van der Waals surface area contributed by atoms with Gasteiger partial charge in [-0.05, 0) is 43.5 Å². The lowest BCUT2D eigenvalue weighted by Gasteiger charge is -2.16. The standard InChI is InChI=1S/C14H18BrNO2/c1-16(9-11-8-13(11)14(17)18)6-5-10-3-2-4-12(15)7-10/h2-4,7,11,13H,5-6,8-9H2,1H3,(H,17,18). The maximum Gasteiger partial charge on any atom is 0.306 e. The highest BCUT2D eigenvalue weighted by atomic mass is 79.9. The maximum atomic E-state index is 10.7. The Morgan fingerprint density at radius 2 is 2.33 bits per heavy atom. The maximum absolute atomic E-state index is 10.7. The number of halogens is 1. The number of benzene rings is 1. The van der Waals surface area contributed by atoms with Gasteiger partial charge in [0.1, 0.15) is 0 Å². The first-order valence-electron chi connectivity index (χ1n) is 6.22. The summed E-state index contributed by atoms with van der Waals surface area (Å²) >= 11 is 3.46. The third kappa shape index (κ3) is 3.82. The zero-order valence-electron chi connectivity index (χ0n) is 10.5. The van der Waals surface area contributed by atoms with Gasteiger partial charge in [-0.1, -0.05) is 28.1 Å². The van der Waals surface area contributed by atoms with Gasteiger partial charge in [-0.3, -0.25) is 4.79 Å². The fourth-order valence-corrected chi connectivity index (χ4v) is 2.70. The molecule has 1 aliphatic carbocycles. The van der Waals surface area contributed by atoms with Crippen LogP contribution in [0.1, 0.15) is 12.0 Å². The van der Waals surface area contributed by atoms with E-state index < -0.39 is 5.97 Å². The van der Waals surface area contributed by atoms with Gasteiger partial charge >= 0.3 is 5.97 Å². The first-order valence-corrected chi connectivity index (χ1v) is 7.01. The van der Waals surface area contributed by atoms with Crippen LogP contribution in [0.15, 0.2) is 28.7 Å². The summed E-state index contributed by atoms with van der Waals surface area (Å²) in [6.45, 7) is 1.87. The summed E-state index contributed by atoms with van der Waals surface area (Å²) in [5.74, 6) is -0.381. The molecular weight excluding hydrogens is 294 g/mol. The van der Waals surface area contributed by atoms with E-state index in [4.69, 9.17) is 5.11 Å². The van der Waals surface area contributed by atoms with Crippen molar-refractivity contribution in [3.8, 4) is 0 Å². The van der Waals surface area contributed by atoms with Crippen molar-refractivity contribution in [2.24, 2.45) is 11.8 Å². The van der Waals surface area contributed by atoms with Crippen LogP contribution in [0.2, 0.25) is 0 Å². The molecule has 0 spiro atoms. The first-order chi connectivity index (χ1) is 8.56. The predicted octanol–water partition coefficient (Wildman–Crippen LogP) is 2.64. The average Bonchev–Trinajstić information content (AvgIpc) is 3.06. The predicted molar refractivity (Wildman–Crippen MR) is 74.6 cm³/mol. The molecule has 1 aliphatic rings.